The lowest BCUT2D eigenvalue weighted by molar-refractivity contribution is 0.102. The molecule has 2 aromatic carbocycles. The molecule has 1 amide bonds. The van der Waals surface area contributed by atoms with Crippen molar-refractivity contribution in [3.63, 3.8) is 0 Å². The van der Waals surface area contributed by atoms with Gasteiger partial charge in [0.25, 0.3) is 5.91 Å². The van der Waals surface area contributed by atoms with Gasteiger partial charge in [0.1, 0.15) is 5.01 Å². The fraction of sp³-hybridized carbons (Fsp3) is 0.250. The highest BCUT2D eigenvalue weighted by molar-refractivity contribution is 7.89. The molecule has 9 heteroatoms. The number of aromatic nitrogens is 2. The second kappa shape index (κ2) is 8.40. The molecule has 0 radical (unpaired) electrons. The lowest BCUT2D eigenvalue weighted by Gasteiger charge is -2.15. The van der Waals surface area contributed by atoms with Gasteiger partial charge in [-0.05, 0) is 36.6 Å². The molecular weight excluding hydrogens is 408 g/mol. The number of carbonyl (C=O) groups excluding carboxylic acids is 1. The lowest BCUT2D eigenvalue weighted by atomic mass is 10.2. The second-order valence-corrected chi connectivity index (χ2v) is 9.76. The predicted octanol–water partition coefficient (Wildman–Crippen LogP) is 3.17. The van der Waals surface area contributed by atoms with Crippen LogP contribution in [0.3, 0.4) is 0 Å². The van der Waals surface area contributed by atoms with E-state index in [9.17, 15) is 13.2 Å². The molecule has 0 unspecified atom stereocenters. The Balaban J connectivity index is 1.46. The average molecular weight is 429 g/mol. The minimum absolute atomic E-state index is 0.133. The van der Waals surface area contributed by atoms with E-state index < -0.39 is 15.9 Å². The van der Waals surface area contributed by atoms with Crippen LogP contribution in [0.25, 0.3) is 0 Å². The van der Waals surface area contributed by atoms with Crippen LogP contribution < -0.4 is 5.32 Å². The highest BCUT2D eigenvalue weighted by atomic mass is 32.2. The van der Waals surface area contributed by atoms with Gasteiger partial charge in [-0.15, -0.1) is 10.2 Å². The molecule has 4 rings (SSSR count). The summed E-state index contributed by atoms with van der Waals surface area (Å²) in [5.74, 6) is -0.411. The Morgan fingerprint density at radius 3 is 2.55 bits per heavy atom. The minimum Gasteiger partial charge on any atom is -0.296 e. The first kappa shape index (κ1) is 19.7. The van der Waals surface area contributed by atoms with Gasteiger partial charge in [-0.3, -0.25) is 10.1 Å². The van der Waals surface area contributed by atoms with Crippen LogP contribution in [0, 0.1) is 0 Å². The van der Waals surface area contributed by atoms with E-state index in [1.165, 1.54) is 27.8 Å². The van der Waals surface area contributed by atoms with Gasteiger partial charge in [0.05, 0.1) is 4.90 Å². The summed E-state index contributed by atoms with van der Waals surface area (Å²) in [5.41, 5.74) is 1.38. The highest BCUT2D eigenvalue weighted by Gasteiger charge is 2.27. The first-order valence-electron chi connectivity index (χ1n) is 9.30. The minimum atomic E-state index is -3.57. The fourth-order valence-corrected chi connectivity index (χ4v) is 5.52. The molecule has 0 saturated carbocycles. The molecule has 1 saturated heterocycles. The third kappa shape index (κ3) is 4.52. The molecule has 29 heavy (non-hydrogen) atoms. The summed E-state index contributed by atoms with van der Waals surface area (Å²) >= 11 is 1.30. The van der Waals surface area contributed by atoms with Crippen LogP contribution in [0.2, 0.25) is 0 Å². The number of amides is 1. The Kier molecular flexibility index (Phi) is 5.70. The van der Waals surface area contributed by atoms with Gasteiger partial charge in [-0.2, -0.15) is 4.31 Å². The normalized spacial score (nSPS) is 14.8. The van der Waals surface area contributed by atoms with Crippen LogP contribution in [0.4, 0.5) is 5.13 Å². The fourth-order valence-electron chi connectivity index (χ4n) is 3.19. The van der Waals surface area contributed by atoms with Crippen molar-refractivity contribution >= 4 is 32.4 Å². The van der Waals surface area contributed by atoms with Crippen molar-refractivity contribution in [1.29, 1.82) is 0 Å². The number of hydrogen-bond acceptors (Lipinski definition) is 6. The van der Waals surface area contributed by atoms with E-state index in [0.29, 0.717) is 24.6 Å². The van der Waals surface area contributed by atoms with E-state index in [4.69, 9.17) is 0 Å². The number of anilines is 1. The number of carbonyl (C=O) groups is 1. The quantitative estimate of drug-likeness (QED) is 0.651. The average Bonchev–Trinajstić information content (AvgIpc) is 3.42. The third-order valence-electron chi connectivity index (χ3n) is 4.68. The van der Waals surface area contributed by atoms with Crippen molar-refractivity contribution < 1.29 is 13.2 Å². The standard InChI is InChI=1S/C20H20N4O3S2/c25-19(21-20-23-22-18(28-20)13-15-7-2-1-3-8-15)16-9-6-10-17(14-16)29(26,27)24-11-4-5-12-24/h1-3,6-10,14H,4-5,11-13H2,(H,21,23,25). The maximum atomic E-state index is 12.7. The first-order valence-corrected chi connectivity index (χ1v) is 11.6. The zero-order valence-electron chi connectivity index (χ0n) is 15.6. The van der Waals surface area contributed by atoms with Crippen LogP contribution in [-0.4, -0.2) is 41.9 Å². The Morgan fingerprint density at radius 2 is 1.79 bits per heavy atom. The molecule has 0 aliphatic carbocycles. The molecular formula is C20H20N4O3S2. The molecule has 150 valence electrons. The number of nitrogens with zero attached hydrogens (tertiary/aromatic N) is 3. The van der Waals surface area contributed by atoms with E-state index in [1.54, 1.807) is 12.1 Å². The van der Waals surface area contributed by atoms with Crippen molar-refractivity contribution in [2.24, 2.45) is 0 Å². The van der Waals surface area contributed by atoms with Gasteiger partial charge in [-0.25, -0.2) is 8.42 Å². The predicted molar refractivity (Wildman–Crippen MR) is 112 cm³/mol. The number of sulfonamides is 1. The number of hydrogen-bond donors (Lipinski definition) is 1. The van der Waals surface area contributed by atoms with E-state index in [2.05, 4.69) is 15.5 Å². The third-order valence-corrected chi connectivity index (χ3v) is 7.42. The highest BCUT2D eigenvalue weighted by Crippen LogP contribution is 2.23. The van der Waals surface area contributed by atoms with Gasteiger partial charge in [0, 0.05) is 25.1 Å². The molecule has 7 nitrogen and oxygen atoms in total. The number of benzene rings is 2. The van der Waals surface area contributed by atoms with Gasteiger partial charge in [0.2, 0.25) is 15.2 Å². The van der Waals surface area contributed by atoms with Gasteiger partial charge < -0.3 is 0 Å². The van der Waals surface area contributed by atoms with Crippen LogP contribution in [0.5, 0.6) is 0 Å². The van der Waals surface area contributed by atoms with Crippen LogP contribution in [0.15, 0.2) is 59.5 Å². The summed E-state index contributed by atoms with van der Waals surface area (Å²) in [4.78, 5) is 12.7. The summed E-state index contributed by atoms with van der Waals surface area (Å²) in [5, 5.41) is 12.0. The van der Waals surface area contributed by atoms with Gasteiger partial charge in [0.15, 0.2) is 0 Å². The molecule has 1 aliphatic heterocycles. The Morgan fingerprint density at radius 1 is 1.03 bits per heavy atom. The maximum Gasteiger partial charge on any atom is 0.257 e. The van der Waals surface area contributed by atoms with Crippen molar-refractivity contribution in [2.75, 3.05) is 18.4 Å². The molecule has 3 aromatic rings. The number of rotatable bonds is 6. The second-order valence-electron chi connectivity index (χ2n) is 6.76. The molecule has 1 fully saturated rings. The monoisotopic (exact) mass is 428 g/mol. The summed E-state index contributed by atoms with van der Waals surface area (Å²) in [6, 6.07) is 16.0. The molecule has 0 spiro atoms. The van der Waals surface area contributed by atoms with E-state index in [0.717, 1.165) is 23.4 Å². The van der Waals surface area contributed by atoms with Crippen LogP contribution in [-0.2, 0) is 16.4 Å². The molecule has 1 aliphatic rings. The van der Waals surface area contributed by atoms with E-state index in [1.807, 2.05) is 30.3 Å². The topological polar surface area (TPSA) is 92.3 Å². The molecule has 0 atom stereocenters. The summed E-state index contributed by atoms with van der Waals surface area (Å²) in [6.07, 6.45) is 2.36. The van der Waals surface area contributed by atoms with Crippen molar-refractivity contribution in [1.82, 2.24) is 14.5 Å². The molecule has 0 bridgehead atoms. The van der Waals surface area contributed by atoms with Crippen LogP contribution in [0.1, 0.15) is 33.8 Å². The van der Waals surface area contributed by atoms with Crippen molar-refractivity contribution in [3.8, 4) is 0 Å². The van der Waals surface area contributed by atoms with E-state index in [-0.39, 0.29) is 10.5 Å². The van der Waals surface area contributed by atoms with Crippen LogP contribution >= 0.6 is 11.3 Å². The smallest absolute Gasteiger partial charge is 0.257 e. The molecule has 1 aromatic heterocycles. The zero-order valence-corrected chi connectivity index (χ0v) is 17.2. The number of nitrogens with one attached hydrogen (secondary N) is 1. The van der Waals surface area contributed by atoms with Crippen molar-refractivity contribution in [3.05, 3.63) is 70.7 Å². The summed E-state index contributed by atoms with van der Waals surface area (Å²) in [7, 11) is -3.57. The molecule has 2 heterocycles. The summed E-state index contributed by atoms with van der Waals surface area (Å²) in [6.45, 7) is 1.04. The lowest BCUT2D eigenvalue weighted by Crippen LogP contribution is -2.28. The van der Waals surface area contributed by atoms with Crippen molar-refractivity contribution in [2.45, 2.75) is 24.2 Å². The van der Waals surface area contributed by atoms with Gasteiger partial charge >= 0.3 is 0 Å². The molecule has 1 N–H and O–H groups in total. The Hall–Kier alpha value is -2.62. The Bertz CT molecular complexity index is 1110. The Labute approximate surface area is 173 Å². The van der Waals surface area contributed by atoms with E-state index >= 15 is 0 Å². The summed E-state index contributed by atoms with van der Waals surface area (Å²) < 4.78 is 26.9. The first-order chi connectivity index (χ1) is 14.0. The zero-order chi connectivity index (χ0) is 20.3. The maximum absolute atomic E-state index is 12.7. The largest absolute Gasteiger partial charge is 0.296 e. The van der Waals surface area contributed by atoms with Gasteiger partial charge in [-0.1, -0.05) is 47.7 Å². The SMILES string of the molecule is O=C(Nc1nnc(Cc2ccccc2)s1)c1cccc(S(=O)(=O)N2CCCC2)c1.